The fraction of sp³-hybridized carbons (Fsp3) is 0.355. The zero-order valence-corrected chi connectivity index (χ0v) is 26.0. The fourth-order valence-corrected chi connectivity index (χ4v) is 7.05. The predicted molar refractivity (Wildman–Crippen MR) is 165 cm³/mol. The number of nitrogens with one attached hydrogen (secondary N) is 1. The van der Waals surface area contributed by atoms with E-state index in [1.165, 1.54) is 35.2 Å². The summed E-state index contributed by atoms with van der Waals surface area (Å²) in [4.78, 5) is 28.9. The van der Waals surface area contributed by atoms with E-state index in [1.54, 1.807) is 50.4 Å². The molecule has 0 unspecified atom stereocenters. The van der Waals surface area contributed by atoms with Crippen molar-refractivity contribution in [3.8, 4) is 5.75 Å². The molecule has 1 atom stereocenters. The Morgan fingerprint density at radius 1 is 0.976 bits per heavy atom. The summed E-state index contributed by atoms with van der Waals surface area (Å²) in [6, 6.07) is 18.5. The Balaban J connectivity index is 1.70. The molecule has 2 amide bonds. The van der Waals surface area contributed by atoms with E-state index in [2.05, 4.69) is 5.32 Å². The van der Waals surface area contributed by atoms with Gasteiger partial charge in [-0.15, -0.1) is 0 Å². The third-order valence-electron chi connectivity index (χ3n) is 7.39. The van der Waals surface area contributed by atoms with Crippen LogP contribution in [0.1, 0.15) is 44.6 Å². The molecule has 1 saturated carbocycles. The molecule has 3 aromatic carbocycles. The van der Waals surface area contributed by atoms with E-state index in [4.69, 9.17) is 27.9 Å². The van der Waals surface area contributed by atoms with Gasteiger partial charge in [0.2, 0.25) is 11.8 Å². The monoisotopic (exact) mass is 631 g/mol. The van der Waals surface area contributed by atoms with Gasteiger partial charge in [0.15, 0.2) is 0 Å². The normalized spacial score (nSPS) is 14.6. The van der Waals surface area contributed by atoms with E-state index in [1.807, 2.05) is 6.07 Å². The molecule has 42 heavy (non-hydrogen) atoms. The molecule has 4 rings (SSSR count). The number of carbonyl (C=O) groups is 2. The van der Waals surface area contributed by atoms with Crippen LogP contribution in [0.5, 0.6) is 5.75 Å². The topological polar surface area (TPSA) is 96.0 Å². The third-order valence-corrected chi connectivity index (χ3v) is 9.71. The van der Waals surface area contributed by atoms with Gasteiger partial charge in [0, 0.05) is 17.6 Å². The van der Waals surface area contributed by atoms with E-state index in [9.17, 15) is 18.0 Å². The van der Waals surface area contributed by atoms with Gasteiger partial charge in [-0.1, -0.05) is 72.8 Å². The van der Waals surface area contributed by atoms with Gasteiger partial charge in [-0.3, -0.25) is 13.9 Å². The van der Waals surface area contributed by atoms with E-state index in [0.717, 1.165) is 42.0 Å². The van der Waals surface area contributed by atoms with E-state index < -0.39 is 28.5 Å². The Kier molecular flexibility index (Phi) is 10.8. The minimum absolute atomic E-state index is 0.00810. The minimum atomic E-state index is -4.23. The number of carbonyl (C=O) groups excluding carboxylic acids is 2. The predicted octanol–water partition coefficient (Wildman–Crippen LogP) is 6.06. The quantitative estimate of drug-likeness (QED) is 0.277. The number of anilines is 1. The lowest BCUT2D eigenvalue weighted by atomic mass is 9.95. The summed E-state index contributed by atoms with van der Waals surface area (Å²) in [5.41, 5.74) is 0.820. The minimum Gasteiger partial charge on any atom is -0.497 e. The molecular weight excluding hydrogens is 597 g/mol. The van der Waals surface area contributed by atoms with Crippen LogP contribution in [0.4, 0.5) is 5.69 Å². The summed E-state index contributed by atoms with van der Waals surface area (Å²) in [7, 11) is -2.69. The number of benzene rings is 3. The molecule has 224 valence electrons. The zero-order valence-electron chi connectivity index (χ0n) is 23.6. The number of hydrogen-bond donors (Lipinski definition) is 1. The van der Waals surface area contributed by atoms with Crippen molar-refractivity contribution in [3.05, 3.63) is 88.4 Å². The Labute approximate surface area is 257 Å². The van der Waals surface area contributed by atoms with Crippen LogP contribution < -0.4 is 14.4 Å². The molecule has 0 radical (unpaired) electrons. The Hall–Kier alpha value is -3.27. The van der Waals surface area contributed by atoms with E-state index in [-0.39, 0.29) is 34.1 Å². The fourth-order valence-electron chi connectivity index (χ4n) is 5.04. The molecule has 11 heteroatoms. The summed E-state index contributed by atoms with van der Waals surface area (Å²) >= 11 is 12.6. The molecule has 0 bridgehead atoms. The summed E-state index contributed by atoms with van der Waals surface area (Å²) in [5, 5.41) is 3.48. The summed E-state index contributed by atoms with van der Waals surface area (Å²) in [6.45, 7) is 1.12. The van der Waals surface area contributed by atoms with Gasteiger partial charge < -0.3 is 15.0 Å². The van der Waals surface area contributed by atoms with Crippen LogP contribution in [0.15, 0.2) is 77.7 Å². The molecule has 1 aliphatic rings. The van der Waals surface area contributed by atoms with Gasteiger partial charge in [-0.25, -0.2) is 8.42 Å². The van der Waals surface area contributed by atoms with Crippen LogP contribution in [0.2, 0.25) is 10.0 Å². The van der Waals surface area contributed by atoms with Crippen molar-refractivity contribution >= 4 is 50.7 Å². The SMILES string of the molecule is COc1cccc(CN(C(=O)CN(c2ccc(Cl)cc2Cl)S(=O)(=O)c2ccccc2)[C@H](C)C(=O)NC2CCCCC2)c1. The lowest BCUT2D eigenvalue weighted by Crippen LogP contribution is -2.53. The Bertz CT molecular complexity index is 1500. The van der Waals surface area contributed by atoms with Gasteiger partial charge in [0.1, 0.15) is 18.3 Å². The highest BCUT2D eigenvalue weighted by Gasteiger charge is 2.34. The average molecular weight is 633 g/mol. The average Bonchev–Trinajstić information content (AvgIpc) is 2.99. The molecule has 1 aliphatic carbocycles. The molecular formula is C31H35Cl2N3O5S. The van der Waals surface area contributed by atoms with Crippen LogP contribution in [-0.2, 0) is 26.2 Å². The van der Waals surface area contributed by atoms with Gasteiger partial charge in [-0.05, 0) is 67.8 Å². The maximum Gasteiger partial charge on any atom is 0.264 e. The number of sulfonamides is 1. The van der Waals surface area contributed by atoms with Crippen LogP contribution in [0, 0.1) is 0 Å². The van der Waals surface area contributed by atoms with Crippen molar-refractivity contribution in [2.45, 2.75) is 62.6 Å². The molecule has 8 nitrogen and oxygen atoms in total. The van der Waals surface area contributed by atoms with Crippen molar-refractivity contribution < 1.29 is 22.7 Å². The highest BCUT2D eigenvalue weighted by Crippen LogP contribution is 2.33. The number of hydrogen-bond acceptors (Lipinski definition) is 5. The van der Waals surface area contributed by atoms with Crippen molar-refractivity contribution in [1.29, 1.82) is 0 Å². The van der Waals surface area contributed by atoms with Gasteiger partial charge in [0.05, 0.1) is 22.7 Å². The molecule has 0 aliphatic heterocycles. The van der Waals surface area contributed by atoms with E-state index >= 15 is 0 Å². The number of rotatable bonds is 11. The molecule has 1 fully saturated rings. The molecule has 0 spiro atoms. The van der Waals surface area contributed by atoms with Gasteiger partial charge in [-0.2, -0.15) is 0 Å². The highest BCUT2D eigenvalue weighted by molar-refractivity contribution is 7.92. The van der Waals surface area contributed by atoms with Crippen LogP contribution >= 0.6 is 23.2 Å². The molecule has 3 aromatic rings. The lowest BCUT2D eigenvalue weighted by molar-refractivity contribution is -0.139. The number of halogens is 2. The van der Waals surface area contributed by atoms with Crippen molar-refractivity contribution in [1.82, 2.24) is 10.2 Å². The second-order valence-corrected chi connectivity index (χ2v) is 13.0. The third kappa shape index (κ3) is 7.76. The highest BCUT2D eigenvalue weighted by atomic mass is 35.5. The zero-order chi connectivity index (χ0) is 30.3. The number of amides is 2. The lowest BCUT2D eigenvalue weighted by Gasteiger charge is -2.33. The second-order valence-electron chi connectivity index (χ2n) is 10.3. The van der Waals surface area contributed by atoms with Crippen molar-refractivity contribution in [2.24, 2.45) is 0 Å². The second kappa shape index (κ2) is 14.3. The maximum absolute atomic E-state index is 14.1. The first-order valence-electron chi connectivity index (χ1n) is 13.9. The standard InChI is InChI=1S/C31H35Cl2N3O5S/c1-22(31(38)34-25-11-5-3-6-12-25)35(20-23-10-9-13-26(18-23)41-2)30(37)21-36(29-17-16-24(32)19-28(29)33)42(39,40)27-14-7-4-8-15-27/h4,7-10,13-19,22,25H,3,5-6,11-12,20-21H2,1-2H3,(H,34,38)/t22-/m1/s1. The van der Waals surface area contributed by atoms with Gasteiger partial charge in [0.25, 0.3) is 10.0 Å². The van der Waals surface area contributed by atoms with Crippen molar-refractivity contribution in [3.63, 3.8) is 0 Å². The first-order chi connectivity index (χ1) is 20.1. The molecule has 0 heterocycles. The maximum atomic E-state index is 14.1. The van der Waals surface area contributed by atoms with Gasteiger partial charge >= 0.3 is 0 Å². The largest absolute Gasteiger partial charge is 0.497 e. The summed E-state index contributed by atoms with van der Waals surface area (Å²) < 4.78 is 34.1. The molecule has 1 N–H and O–H groups in total. The van der Waals surface area contributed by atoms with Crippen molar-refractivity contribution in [2.75, 3.05) is 18.0 Å². The molecule has 0 saturated heterocycles. The molecule has 0 aromatic heterocycles. The first-order valence-corrected chi connectivity index (χ1v) is 16.1. The smallest absolute Gasteiger partial charge is 0.264 e. The number of methoxy groups -OCH3 is 1. The number of ether oxygens (including phenoxy) is 1. The summed E-state index contributed by atoms with van der Waals surface area (Å²) in [6.07, 6.45) is 5.00. The van der Waals surface area contributed by atoms with Crippen LogP contribution in [0.25, 0.3) is 0 Å². The number of nitrogens with zero attached hydrogens (tertiary/aromatic N) is 2. The Morgan fingerprint density at radius 2 is 1.69 bits per heavy atom. The van der Waals surface area contributed by atoms with Crippen LogP contribution in [-0.4, -0.2) is 50.9 Å². The Morgan fingerprint density at radius 3 is 2.36 bits per heavy atom. The first kappa shape index (κ1) is 31.7. The van der Waals surface area contributed by atoms with E-state index in [0.29, 0.717) is 10.8 Å². The van der Waals surface area contributed by atoms with Crippen LogP contribution in [0.3, 0.4) is 0 Å². The summed E-state index contributed by atoms with van der Waals surface area (Å²) in [5.74, 6) is -0.268.